The summed E-state index contributed by atoms with van der Waals surface area (Å²) < 4.78 is 0. The molecule has 2 aromatic heterocycles. The summed E-state index contributed by atoms with van der Waals surface area (Å²) in [7, 11) is 0. The van der Waals surface area contributed by atoms with E-state index in [0.29, 0.717) is 5.82 Å². The van der Waals surface area contributed by atoms with E-state index < -0.39 is 0 Å². The molecule has 0 saturated heterocycles. The van der Waals surface area contributed by atoms with Crippen molar-refractivity contribution in [1.82, 2.24) is 15.2 Å². The van der Waals surface area contributed by atoms with Gasteiger partial charge in [0.25, 0.3) is 0 Å². The van der Waals surface area contributed by atoms with Crippen molar-refractivity contribution in [2.45, 2.75) is 6.92 Å². The number of aryl methyl sites for hydroxylation is 1. The van der Waals surface area contributed by atoms with Crippen LogP contribution in [0.15, 0.2) is 30.5 Å². The summed E-state index contributed by atoms with van der Waals surface area (Å²) in [5, 5.41) is 8.05. The number of para-hydroxylation sites is 1. The molecule has 0 atom stereocenters. The Morgan fingerprint density at radius 1 is 1.31 bits per heavy atom. The number of aromatic amines is 2. The van der Waals surface area contributed by atoms with Crippen LogP contribution >= 0.6 is 0 Å². The molecule has 16 heavy (non-hydrogen) atoms. The number of nitrogen functional groups attached to an aromatic ring is 1. The van der Waals surface area contributed by atoms with Crippen LogP contribution in [0.4, 0.5) is 5.82 Å². The lowest BCUT2D eigenvalue weighted by molar-refractivity contribution is 1.10. The molecule has 0 amide bonds. The van der Waals surface area contributed by atoms with E-state index in [1.807, 2.05) is 12.3 Å². The Morgan fingerprint density at radius 3 is 2.94 bits per heavy atom. The number of rotatable bonds is 1. The molecule has 0 unspecified atom stereocenters. The maximum atomic E-state index is 5.61. The lowest BCUT2D eigenvalue weighted by Gasteiger charge is -1.96. The normalized spacial score (nSPS) is 11.1. The summed E-state index contributed by atoms with van der Waals surface area (Å²) in [6.07, 6.45) is 1.98. The maximum Gasteiger partial charge on any atom is 0.145 e. The second-order valence-corrected chi connectivity index (χ2v) is 3.91. The fraction of sp³-hybridized carbons (Fsp3) is 0.0833. The lowest BCUT2D eigenvalue weighted by atomic mass is 10.1. The average Bonchev–Trinajstić information content (AvgIpc) is 2.84. The highest BCUT2D eigenvalue weighted by molar-refractivity contribution is 5.96. The molecule has 0 aliphatic carbocycles. The number of anilines is 1. The van der Waals surface area contributed by atoms with E-state index in [-0.39, 0.29) is 0 Å². The number of benzene rings is 1. The molecule has 4 N–H and O–H groups in total. The smallest absolute Gasteiger partial charge is 0.145 e. The summed E-state index contributed by atoms with van der Waals surface area (Å²) in [6.45, 7) is 2.09. The van der Waals surface area contributed by atoms with Gasteiger partial charge in [-0.3, -0.25) is 5.10 Å². The molecule has 3 aromatic rings. The van der Waals surface area contributed by atoms with Gasteiger partial charge >= 0.3 is 0 Å². The summed E-state index contributed by atoms with van der Waals surface area (Å²) in [4.78, 5) is 3.28. The second kappa shape index (κ2) is 3.13. The van der Waals surface area contributed by atoms with Crippen molar-refractivity contribution in [2.24, 2.45) is 0 Å². The zero-order chi connectivity index (χ0) is 11.1. The van der Waals surface area contributed by atoms with Crippen LogP contribution in [0.25, 0.3) is 22.2 Å². The molecule has 0 fully saturated rings. The zero-order valence-electron chi connectivity index (χ0n) is 8.91. The molecule has 4 nitrogen and oxygen atoms in total. The largest absolute Gasteiger partial charge is 0.382 e. The first-order chi connectivity index (χ1) is 7.75. The summed E-state index contributed by atoms with van der Waals surface area (Å²) in [5.41, 5.74) is 10.0. The van der Waals surface area contributed by atoms with Gasteiger partial charge in [0.2, 0.25) is 0 Å². The molecule has 0 saturated carbocycles. The van der Waals surface area contributed by atoms with E-state index in [1.54, 1.807) is 0 Å². The monoisotopic (exact) mass is 212 g/mol. The van der Waals surface area contributed by atoms with E-state index in [9.17, 15) is 0 Å². The van der Waals surface area contributed by atoms with Crippen molar-refractivity contribution in [3.63, 3.8) is 0 Å². The van der Waals surface area contributed by atoms with Gasteiger partial charge in [0.15, 0.2) is 0 Å². The quantitative estimate of drug-likeness (QED) is 0.579. The predicted molar refractivity (Wildman–Crippen MR) is 65.0 cm³/mol. The van der Waals surface area contributed by atoms with Crippen molar-refractivity contribution in [2.75, 3.05) is 5.73 Å². The Morgan fingerprint density at radius 2 is 2.19 bits per heavy atom. The minimum atomic E-state index is 0.511. The number of nitrogens with two attached hydrogens (primary N) is 1. The van der Waals surface area contributed by atoms with Crippen molar-refractivity contribution in [1.29, 1.82) is 0 Å². The third-order valence-corrected chi connectivity index (χ3v) is 2.81. The van der Waals surface area contributed by atoms with Gasteiger partial charge in [0.1, 0.15) is 5.82 Å². The predicted octanol–water partition coefficient (Wildman–Crippen LogP) is 2.45. The minimum absolute atomic E-state index is 0.511. The third-order valence-electron chi connectivity index (χ3n) is 2.81. The number of aromatic nitrogens is 3. The molecule has 4 heteroatoms. The van der Waals surface area contributed by atoms with Crippen LogP contribution in [-0.2, 0) is 0 Å². The number of nitrogens with zero attached hydrogens (tertiary/aromatic N) is 1. The molecular weight excluding hydrogens is 200 g/mol. The first-order valence-electron chi connectivity index (χ1n) is 5.13. The van der Waals surface area contributed by atoms with Crippen molar-refractivity contribution < 1.29 is 0 Å². The molecular formula is C12H12N4. The number of nitrogens with one attached hydrogen (secondary N) is 2. The van der Waals surface area contributed by atoms with E-state index in [4.69, 9.17) is 5.73 Å². The first-order valence-corrected chi connectivity index (χ1v) is 5.13. The van der Waals surface area contributed by atoms with Crippen LogP contribution in [0.1, 0.15) is 5.56 Å². The van der Waals surface area contributed by atoms with Crippen LogP contribution in [-0.4, -0.2) is 15.2 Å². The molecule has 1 aromatic carbocycles. The number of H-pyrrole nitrogens is 2. The number of hydrogen-bond donors (Lipinski definition) is 3. The molecule has 0 radical (unpaired) electrons. The fourth-order valence-electron chi connectivity index (χ4n) is 2.00. The van der Waals surface area contributed by atoms with Crippen molar-refractivity contribution >= 4 is 16.7 Å². The van der Waals surface area contributed by atoms with Gasteiger partial charge in [0.05, 0.1) is 5.69 Å². The van der Waals surface area contributed by atoms with E-state index in [0.717, 1.165) is 16.8 Å². The Labute approximate surface area is 92.5 Å². The van der Waals surface area contributed by atoms with Gasteiger partial charge in [-0.2, -0.15) is 5.10 Å². The van der Waals surface area contributed by atoms with Gasteiger partial charge in [0, 0.05) is 28.7 Å². The van der Waals surface area contributed by atoms with Gasteiger partial charge in [-0.05, 0) is 12.5 Å². The van der Waals surface area contributed by atoms with Gasteiger partial charge in [-0.25, -0.2) is 0 Å². The first kappa shape index (κ1) is 9.03. The highest BCUT2D eigenvalue weighted by Crippen LogP contribution is 2.29. The Bertz CT molecular complexity index is 648. The highest BCUT2D eigenvalue weighted by atomic mass is 15.2. The van der Waals surface area contributed by atoms with Crippen molar-refractivity contribution in [3.05, 3.63) is 36.0 Å². The van der Waals surface area contributed by atoms with Crippen LogP contribution < -0.4 is 5.73 Å². The van der Waals surface area contributed by atoms with Gasteiger partial charge in [-0.15, -0.1) is 0 Å². The molecule has 0 aliphatic rings. The SMILES string of the molecule is Cc1cccc2c(-c3cc(N)n[nH]3)c[nH]c12. The number of fused-ring (bicyclic) bond motifs is 1. The van der Waals surface area contributed by atoms with Crippen LogP contribution in [0.2, 0.25) is 0 Å². The molecule has 0 bridgehead atoms. The van der Waals surface area contributed by atoms with E-state index in [1.165, 1.54) is 10.9 Å². The van der Waals surface area contributed by atoms with Crippen molar-refractivity contribution in [3.8, 4) is 11.3 Å². The Balaban J connectivity index is 2.29. The average molecular weight is 212 g/mol. The Kier molecular flexibility index (Phi) is 1.77. The maximum absolute atomic E-state index is 5.61. The summed E-state index contributed by atoms with van der Waals surface area (Å²) >= 11 is 0. The number of hydrogen-bond acceptors (Lipinski definition) is 2. The summed E-state index contributed by atoms with van der Waals surface area (Å²) in [6, 6.07) is 8.06. The molecule has 0 aliphatic heterocycles. The fourth-order valence-corrected chi connectivity index (χ4v) is 2.00. The van der Waals surface area contributed by atoms with E-state index in [2.05, 4.69) is 40.3 Å². The molecule has 0 spiro atoms. The Hall–Kier alpha value is -2.23. The summed E-state index contributed by atoms with van der Waals surface area (Å²) in [5.74, 6) is 0.511. The topological polar surface area (TPSA) is 70.5 Å². The lowest BCUT2D eigenvalue weighted by Crippen LogP contribution is -1.81. The zero-order valence-corrected chi connectivity index (χ0v) is 8.91. The molecule has 2 heterocycles. The van der Waals surface area contributed by atoms with Crippen LogP contribution in [0, 0.1) is 6.92 Å². The van der Waals surface area contributed by atoms with Gasteiger partial charge < -0.3 is 10.7 Å². The molecule has 3 rings (SSSR count). The standard InChI is InChI=1S/C12H12N4/c1-7-3-2-4-8-9(6-14-12(7)8)10-5-11(13)16-15-10/h2-6,14H,1H3,(H3,13,15,16). The third kappa shape index (κ3) is 1.20. The van der Waals surface area contributed by atoms with E-state index >= 15 is 0 Å². The molecule has 80 valence electrons. The van der Waals surface area contributed by atoms with Crippen LogP contribution in [0.5, 0.6) is 0 Å². The second-order valence-electron chi connectivity index (χ2n) is 3.91. The minimum Gasteiger partial charge on any atom is -0.382 e. The van der Waals surface area contributed by atoms with Crippen LogP contribution in [0.3, 0.4) is 0 Å². The highest BCUT2D eigenvalue weighted by Gasteiger charge is 2.08. The van der Waals surface area contributed by atoms with Gasteiger partial charge in [-0.1, -0.05) is 18.2 Å².